The van der Waals surface area contributed by atoms with Crippen molar-refractivity contribution in [3.05, 3.63) is 65.2 Å². The fourth-order valence-corrected chi connectivity index (χ4v) is 2.25. The van der Waals surface area contributed by atoms with E-state index in [0.29, 0.717) is 0 Å². The number of halogens is 2. The molecule has 1 aromatic heterocycles. The quantitative estimate of drug-likeness (QED) is 0.689. The predicted octanol–water partition coefficient (Wildman–Crippen LogP) is 3.71. The summed E-state index contributed by atoms with van der Waals surface area (Å²) in [6.07, 6.45) is 1.58. The minimum Gasteiger partial charge on any atom is -0.323 e. The molecule has 0 spiro atoms. The molecule has 100 valence electrons. The number of Topliss-reactive ketones (excluding diaryl/α,β-unsaturated/α-hetero) is 1. The van der Waals surface area contributed by atoms with E-state index in [2.05, 4.69) is 4.98 Å². The highest BCUT2D eigenvalue weighted by molar-refractivity contribution is 6.30. The van der Waals surface area contributed by atoms with Crippen molar-refractivity contribution in [1.82, 2.24) is 9.55 Å². The second-order valence-electron chi connectivity index (χ2n) is 4.41. The number of carbonyl (C=O) groups is 1. The Labute approximate surface area is 119 Å². The maximum absolute atomic E-state index is 13.7. The van der Waals surface area contributed by atoms with E-state index >= 15 is 0 Å². The van der Waals surface area contributed by atoms with Gasteiger partial charge in [0.05, 0.1) is 29.5 Å². The normalized spacial score (nSPS) is 10.9. The summed E-state index contributed by atoms with van der Waals surface area (Å²) < 4.78 is 15.4. The van der Waals surface area contributed by atoms with Crippen LogP contribution in [0.25, 0.3) is 11.0 Å². The van der Waals surface area contributed by atoms with Crippen molar-refractivity contribution in [2.24, 2.45) is 0 Å². The molecule has 5 heteroatoms. The first kappa shape index (κ1) is 12.8. The second kappa shape index (κ2) is 5.06. The van der Waals surface area contributed by atoms with Gasteiger partial charge in [0.25, 0.3) is 0 Å². The van der Waals surface area contributed by atoms with Gasteiger partial charge < -0.3 is 4.57 Å². The van der Waals surface area contributed by atoms with Crippen molar-refractivity contribution in [3.63, 3.8) is 0 Å². The van der Waals surface area contributed by atoms with Gasteiger partial charge in [-0.15, -0.1) is 0 Å². The standard InChI is InChI=1S/C15H10ClFN2O/c16-10-5-6-11(12(17)7-10)15(20)8-19-9-18-13-3-1-2-4-14(13)19/h1-7,9H,8H2. The van der Waals surface area contributed by atoms with Gasteiger partial charge in [0.2, 0.25) is 0 Å². The molecule has 0 radical (unpaired) electrons. The highest BCUT2D eigenvalue weighted by Gasteiger charge is 2.13. The molecular formula is C15H10ClFN2O. The summed E-state index contributed by atoms with van der Waals surface area (Å²) in [5.74, 6) is -0.922. The van der Waals surface area contributed by atoms with Crippen LogP contribution in [-0.2, 0) is 6.54 Å². The van der Waals surface area contributed by atoms with E-state index in [1.807, 2.05) is 24.3 Å². The van der Waals surface area contributed by atoms with Crippen LogP contribution in [0, 0.1) is 5.82 Å². The molecule has 3 nitrogen and oxygen atoms in total. The Balaban J connectivity index is 1.92. The molecule has 0 fully saturated rings. The Kier molecular flexibility index (Phi) is 3.24. The van der Waals surface area contributed by atoms with E-state index < -0.39 is 5.82 Å². The number of nitrogens with zero attached hydrogens (tertiary/aromatic N) is 2. The molecule has 3 aromatic rings. The average molecular weight is 289 g/mol. The molecule has 0 unspecified atom stereocenters. The minimum atomic E-state index is -0.605. The third kappa shape index (κ3) is 2.30. The number of aromatic nitrogens is 2. The third-order valence-electron chi connectivity index (χ3n) is 3.07. The van der Waals surface area contributed by atoms with Gasteiger partial charge in [-0.1, -0.05) is 23.7 Å². The monoisotopic (exact) mass is 288 g/mol. The molecule has 0 N–H and O–H groups in total. The van der Waals surface area contributed by atoms with E-state index in [0.717, 1.165) is 17.1 Å². The first-order valence-corrected chi connectivity index (χ1v) is 6.41. The van der Waals surface area contributed by atoms with Crippen LogP contribution in [0.1, 0.15) is 10.4 Å². The smallest absolute Gasteiger partial charge is 0.185 e. The maximum atomic E-state index is 13.7. The molecule has 0 aliphatic rings. The van der Waals surface area contributed by atoms with Crippen LogP contribution in [0.15, 0.2) is 48.8 Å². The molecule has 0 amide bonds. The number of benzene rings is 2. The van der Waals surface area contributed by atoms with Crippen LogP contribution in [-0.4, -0.2) is 15.3 Å². The number of hydrogen-bond donors (Lipinski definition) is 0. The van der Waals surface area contributed by atoms with E-state index in [-0.39, 0.29) is 22.9 Å². The highest BCUT2D eigenvalue weighted by atomic mass is 35.5. The highest BCUT2D eigenvalue weighted by Crippen LogP contribution is 2.17. The van der Waals surface area contributed by atoms with Gasteiger partial charge in [0.1, 0.15) is 5.82 Å². The van der Waals surface area contributed by atoms with Crippen LogP contribution in [0.4, 0.5) is 4.39 Å². The van der Waals surface area contributed by atoms with Crippen LogP contribution in [0.3, 0.4) is 0 Å². The summed E-state index contributed by atoms with van der Waals surface area (Å²) in [5.41, 5.74) is 1.68. The lowest BCUT2D eigenvalue weighted by molar-refractivity contribution is 0.0969. The summed E-state index contributed by atoms with van der Waals surface area (Å²) in [4.78, 5) is 16.4. The van der Waals surface area contributed by atoms with Gasteiger partial charge in [-0.25, -0.2) is 9.37 Å². The van der Waals surface area contributed by atoms with E-state index in [1.165, 1.54) is 12.1 Å². The topological polar surface area (TPSA) is 34.9 Å². The molecule has 20 heavy (non-hydrogen) atoms. The van der Waals surface area contributed by atoms with Crippen molar-refractivity contribution >= 4 is 28.4 Å². The first-order valence-electron chi connectivity index (χ1n) is 6.03. The van der Waals surface area contributed by atoms with Crippen molar-refractivity contribution in [2.45, 2.75) is 6.54 Å². The van der Waals surface area contributed by atoms with Crippen LogP contribution >= 0.6 is 11.6 Å². The lowest BCUT2D eigenvalue weighted by atomic mass is 10.1. The Morgan fingerprint density at radius 1 is 1.25 bits per heavy atom. The Hall–Kier alpha value is -2.20. The van der Waals surface area contributed by atoms with Gasteiger partial charge in [-0.2, -0.15) is 0 Å². The van der Waals surface area contributed by atoms with E-state index in [1.54, 1.807) is 10.9 Å². The van der Waals surface area contributed by atoms with Gasteiger partial charge >= 0.3 is 0 Å². The van der Waals surface area contributed by atoms with Crippen molar-refractivity contribution < 1.29 is 9.18 Å². The number of rotatable bonds is 3. The fourth-order valence-electron chi connectivity index (χ4n) is 2.09. The number of fused-ring (bicyclic) bond motifs is 1. The average Bonchev–Trinajstić information content (AvgIpc) is 2.82. The van der Waals surface area contributed by atoms with Crippen LogP contribution in [0.2, 0.25) is 5.02 Å². The lowest BCUT2D eigenvalue weighted by Gasteiger charge is -2.05. The SMILES string of the molecule is O=C(Cn1cnc2ccccc21)c1ccc(Cl)cc1F. The molecule has 1 heterocycles. The van der Waals surface area contributed by atoms with Gasteiger partial charge in [0.15, 0.2) is 5.78 Å². The van der Waals surface area contributed by atoms with E-state index in [9.17, 15) is 9.18 Å². The molecule has 0 saturated heterocycles. The maximum Gasteiger partial charge on any atom is 0.185 e. The van der Waals surface area contributed by atoms with Crippen molar-refractivity contribution in [1.29, 1.82) is 0 Å². The molecule has 0 bridgehead atoms. The Morgan fingerprint density at radius 2 is 2.05 bits per heavy atom. The molecule has 0 aliphatic carbocycles. The number of carbonyl (C=O) groups excluding carboxylic acids is 1. The zero-order valence-electron chi connectivity index (χ0n) is 10.4. The molecular weight excluding hydrogens is 279 g/mol. The lowest BCUT2D eigenvalue weighted by Crippen LogP contribution is -2.11. The zero-order chi connectivity index (χ0) is 14.1. The number of para-hydroxylation sites is 2. The first-order chi connectivity index (χ1) is 9.65. The largest absolute Gasteiger partial charge is 0.323 e. The molecule has 0 aliphatic heterocycles. The molecule has 0 atom stereocenters. The van der Waals surface area contributed by atoms with Gasteiger partial charge in [0, 0.05) is 5.02 Å². The van der Waals surface area contributed by atoms with Crippen LogP contribution < -0.4 is 0 Å². The Morgan fingerprint density at radius 3 is 2.85 bits per heavy atom. The molecule has 0 saturated carbocycles. The summed E-state index contributed by atoms with van der Waals surface area (Å²) in [6.45, 7) is 0.0407. The molecule has 3 rings (SSSR count). The minimum absolute atomic E-state index is 0.0344. The van der Waals surface area contributed by atoms with Crippen LogP contribution in [0.5, 0.6) is 0 Å². The number of ketones is 1. The summed E-state index contributed by atoms with van der Waals surface area (Å²) in [6, 6.07) is 11.5. The summed E-state index contributed by atoms with van der Waals surface area (Å²) in [5, 5.41) is 0.270. The predicted molar refractivity (Wildman–Crippen MR) is 75.5 cm³/mol. The summed E-state index contributed by atoms with van der Waals surface area (Å²) >= 11 is 5.68. The zero-order valence-corrected chi connectivity index (χ0v) is 11.1. The number of hydrogen-bond acceptors (Lipinski definition) is 2. The van der Waals surface area contributed by atoms with Gasteiger partial charge in [-0.05, 0) is 30.3 Å². The molecule has 2 aromatic carbocycles. The second-order valence-corrected chi connectivity index (χ2v) is 4.84. The fraction of sp³-hybridized carbons (Fsp3) is 0.0667. The third-order valence-corrected chi connectivity index (χ3v) is 3.31. The Bertz CT molecular complexity index is 797. The summed E-state index contributed by atoms with van der Waals surface area (Å²) in [7, 11) is 0. The number of imidazole rings is 1. The van der Waals surface area contributed by atoms with Gasteiger partial charge in [-0.3, -0.25) is 4.79 Å². The van der Waals surface area contributed by atoms with E-state index in [4.69, 9.17) is 11.6 Å². The van der Waals surface area contributed by atoms with Crippen molar-refractivity contribution in [3.8, 4) is 0 Å². The van der Waals surface area contributed by atoms with Crippen molar-refractivity contribution in [2.75, 3.05) is 0 Å².